The molecule has 1 aliphatic heterocycles. The molecular weight excluding hydrogens is 230 g/mol. The number of carbonyl (C=O) groups excluding carboxylic acids is 2. The van der Waals surface area contributed by atoms with Crippen LogP contribution >= 0.6 is 0 Å². The fourth-order valence-corrected chi connectivity index (χ4v) is 1.96. The highest BCUT2D eigenvalue weighted by atomic mass is 19.3. The molecule has 17 heavy (non-hydrogen) atoms. The highest BCUT2D eigenvalue weighted by molar-refractivity contribution is 5.93. The van der Waals surface area contributed by atoms with Crippen LogP contribution in [0.5, 0.6) is 0 Å². The van der Waals surface area contributed by atoms with Crippen molar-refractivity contribution >= 4 is 11.8 Å². The van der Waals surface area contributed by atoms with Crippen LogP contribution in [0.2, 0.25) is 0 Å². The summed E-state index contributed by atoms with van der Waals surface area (Å²) in [5.74, 6) is -0.703. The first-order chi connectivity index (χ1) is 7.80. The van der Waals surface area contributed by atoms with Gasteiger partial charge >= 0.3 is 0 Å². The summed E-state index contributed by atoms with van der Waals surface area (Å²) in [4.78, 5) is 24.8. The fourth-order valence-electron chi connectivity index (χ4n) is 1.96. The largest absolute Gasteiger partial charge is 0.342 e. The van der Waals surface area contributed by atoms with Gasteiger partial charge in [0.05, 0.1) is 6.54 Å². The van der Waals surface area contributed by atoms with Crippen molar-refractivity contribution in [2.75, 3.05) is 6.54 Å². The first-order valence-corrected chi connectivity index (χ1v) is 5.70. The molecule has 2 atom stereocenters. The van der Waals surface area contributed by atoms with Gasteiger partial charge in [0.2, 0.25) is 11.8 Å². The van der Waals surface area contributed by atoms with Gasteiger partial charge in [0, 0.05) is 12.5 Å². The maximum absolute atomic E-state index is 12.5. The van der Waals surface area contributed by atoms with E-state index in [1.807, 2.05) is 0 Å². The second-order valence-corrected chi connectivity index (χ2v) is 4.64. The van der Waals surface area contributed by atoms with Crippen molar-refractivity contribution in [2.45, 2.75) is 51.6 Å². The third-order valence-electron chi connectivity index (χ3n) is 3.20. The second-order valence-electron chi connectivity index (χ2n) is 4.64. The van der Waals surface area contributed by atoms with E-state index in [9.17, 15) is 18.4 Å². The van der Waals surface area contributed by atoms with Crippen molar-refractivity contribution in [3.05, 3.63) is 0 Å². The molecule has 1 fully saturated rings. The number of hydrogen-bond acceptors (Lipinski definition) is 2. The van der Waals surface area contributed by atoms with E-state index in [2.05, 4.69) is 5.32 Å². The Morgan fingerprint density at radius 1 is 1.53 bits per heavy atom. The molecule has 0 radical (unpaired) electrons. The van der Waals surface area contributed by atoms with E-state index in [1.165, 1.54) is 0 Å². The average molecular weight is 248 g/mol. The summed E-state index contributed by atoms with van der Waals surface area (Å²) in [6, 6.07) is -0.495. The summed E-state index contributed by atoms with van der Waals surface area (Å²) in [5, 5.41) is 2.61. The lowest BCUT2D eigenvalue weighted by Crippen LogP contribution is -2.56. The van der Waals surface area contributed by atoms with Crippen LogP contribution in [0.4, 0.5) is 8.78 Å². The Morgan fingerprint density at radius 3 is 2.59 bits per heavy atom. The van der Waals surface area contributed by atoms with Crippen LogP contribution < -0.4 is 5.32 Å². The van der Waals surface area contributed by atoms with E-state index >= 15 is 0 Å². The van der Waals surface area contributed by atoms with E-state index in [4.69, 9.17) is 0 Å². The summed E-state index contributed by atoms with van der Waals surface area (Å²) in [6.07, 6.45) is -2.14. The highest BCUT2D eigenvalue weighted by Crippen LogP contribution is 2.21. The number of amides is 2. The van der Waals surface area contributed by atoms with E-state index in [0.717, 1.165) is 4.90 Å². The molecule has 0 saturated carbocycles. The van der Waals surface area contributed by atoms with Gasteiger partial charge in [-0.25, -0.2) is 8.78 Å². The zero-order chi connectivity index (χ0) is 13.2. The monoisotopic (exact) mass is 248 g/mol. The third-order valence-corrected chi connectivity index (χ3v) is 3.20. The minimum atomic E-state index is -2.59. The molecular formula is C11H18F2N2O2. The molecule has 1 saturated heterocycles. The minimum Gasteiger partial charge on any atom is -0.342 e. The molecule has 0 aromatic rings. The first-order valence-electron chi connectivity index (χ1n) is 5.70. The maximum atomic E-state index is 12.5. The van der Waals surface area contributed by atoms with E-state index in [-0.39, 0.29) is 12.3 Å². The Hall–Kier alpha value is -1.20. The van der Waals surface area contributed by atoms with Gasteiger partial charge in [-0.1, -0.05) is 6.92 Å². The molecule has 0 aliphatic carbocycles. The van der Waals surface area contributed by atoms with Gasteiger partial charge in [0.1, 0.15) is 5.54 Å². The van der Waals surface area contributed by atoms with Crippen molar-refractivity contribution in [1.29, 1.82) is 0 Å². The zero-order valence-corrected chi connectivity index (χ0v) is 10.3. The molecule has 1 aliphatic rings. The number of hydrogen-bond donors (Lipinski definition) is 1. The molecule has 0 aromatic heterocycles. The Balaban J connectivity index is 3.01. The molecule has 0 spiro atoms. The van der Waals surface area contributed by atoms with Crippen molar-refractivity contribution in [3.8, 4) is 0 Å². The van der Waals surface area contributed by atoms with E-state index < -0.39 is 30.5 Å². The lowest BCUT2D eigenvalue weighted by molar-refractivity contribution is -0.141. The lowest BCUT2D eigenvalue weighted by Gasteiger charge is -2.33. The van der Waals surface area contributed by atoms with Crippen LogP contribution in [0.25, 0.3) is 0 Å². The molecule has 1 N–H and O–H groups in total. The molecule has 98 valence electrons. The number of alkyl halides is 2. The molecule has 0 bridgehead atoms. The van der Waals surface area contributed by atoms with Gasteiger partial charge in [-0.05, 0) is 20.3 Å². The van der Waals surface area contributed by atoms with Gasteiger partial charge in [0.25, 0.3) is 6.43 Å². The van der Waals surface area contributed by atoms with E-state index in [1.54, 1.807) is 20.8 Å². The third kappa shape index (κ3) is 2.92. The molecule has 4 nitrogen and oxygen atoms in total. The van der Waals surface area contributed by atoms with Crippen LogP contribution in [0.1, 0.15) is 33.6 Å². The maximum Gasteiger partial charge on any atom is 0.255 e. The molecule has 2 amide bonds. The summed E-state index contributed by atoms with van der Waals surface area (Å²) < 4.78 is 24.9. The predicted octanol–water partition coefficient (Wildman–Crippen LogP) is 1.16. The average Bonchev–Trinajstić information content (AvgIpc) is 2.29. The number of rotatable bonds is 3. The first kappa shape index (κ1) is 13.9. The summed E-state index contributed by atoms with van der Waals surface area (Å²) >= 11 is 0. The Morgan fingerprint density at radius 2 is 2.12 bits per heavy atom. The van der Waals surface area contributed by atoms with Crippen LogP contribution in [0, 0.1) is 0 Å². The summed E-state index contributed by atoms with van der Waals surface area (Å²) in [5.41, 5.74) is -1.07. The van der Waals surface area contributed by atoms with Crippen LogP contribution in [0.3, 0.4) is 0 Å². The highest BCUT2D eigenvalue weighted by Gasteiger charge is 2.42. The van der Waals surface area contributed by atoms with Gasteiger partial charge < -0.3 is 10.2 Å². The van der Waals surface area contributed by atoms with Crippen LogP contribution in [0.15, 0.2) is 0 Å². The molecule has 0 aromatic carbocycles. The van der Waals surface area contributed by atoms with Gasteiger partial charge in [-0.15, -0.1) is 0 Å². The van der Waals surface area contributed by atoms with E-state index in [0.29, 0.717) is 6.42 Å². The predicted molar refractivity (Wildman–Crippen MR) is 58.6 cm³/mol. The normalized spacial score (nSPS) is 30.5. The number of nitrogens with zero attached hydrogens (tertiary/aromatic N) is 1. The molecule has 2 unspecified atom stereocenters. The minimum absolute atomic E-state index is 0.0635. The van der Waals surface area contributed by atoms with Crippen molar-refractivity contribution < 1.29 is 18.4 Å². The lowest BCUT2D eigenvalue weighted by atomic mass is 9.97. The SMILES string of the molecule is CCC1(C)NC(=O)CC(C)N(CC(F)F)C1=O. The molecule has 6 heteroatoms. The number of nitrogens with one attached hydrogen (secondary N) is 1. The topological polar surface area (TPSA) is 49.4 Å². The van der Waals surface area contributed by atoms with Gasteiger partial charge in [-0.2, -0.15) is 0 Å². The fraction of sp³-hybridized carbons (Fsp3) is 0.818. The Kier molecular flexibility index (Phi) is 4.06. The van der Waals surface area contributed by atoms with Crippen LogP contribution in [-0.4, -0.2) is 41.3 Å². The quantitative estimate of drug-likeness (QED) is 0.814. The van der Waals surface area contributed by atoms with Crippen molar-refractivity contribution in [2.24, 2.45) is 0 Å². The number of halogens is 2. The molecule has 1 rings (SSSR count). The second kappa shape index (κ2) is 4.98. The Labute approximate surface area is 99.3 Å². The Bertz CT molecular complexity index is 323. The molecule has 1 heterocycles. The standard InChI is InChI=1S/C11H18F2N2O2/c1-4-11(3)10(17)15(6-8(12)13)7(2)5-9(16)14-11/h7-8H,4-6H2,1-3H3,(H,14,16). The van der Waals surface area contributed by atoms with Crippen LogP contribution in [-0.2, 0) is 9.59 Å². The zero-order valence-electron chi connectivity index (χ0n) is 10.3. The van der Waals surface area contributed by atoms with Gasteiger partial charge in [0.15, 0.2) is 0 Å². The smallest absolute Gasteiger partial charge is 0.255 e. The summed E-state index contributed by atoms with van der Waals surface area (Å²) in [6.45, 7) is 4.31. The van der Waals surface area contributed by atoms with Gasteiger partial charge in [-0.3, -0.25) is 9.59 Å². The number of carbonyl (C=O) groups is 2. The summed E-state index contributed by atoms with van der Waals surface area (Å²) in [7, 11) is 0. The van der Waals surface area contributed by atoms with Crippen molar-refractivity contribution in [1.82, 2.24) is 10.2 Å². The van der Waals surface area contributed by atoms with Crippen molar-refractivity contribution in [3.63, 3.8) is 0 Å².